The minimum atomic E-state index is -0.0277. The van der Waals surface area contributed by atoms with E-state index in [1.165, 1.54) is 0 Å². The molecule has 1 aliphatic heterocycles. The highest BCUT2D eigenvalue weighted by atomic mass is 35.5. The summed E-state index contributed by atoms with van der Waals surface area (Å²) in [5.41, 5.74) is 2.10. The lowest BCUT2D eigenvalue weighted by atomic mass is 9.97. The zero-order chi connectivity index (χ0) is 15.5. The molecule has 5 nitrogen and oxygen atoms in total. The van der Waals surface area contributed by atoms with Crippen molar-refractivity contribution in [1.29, 1.82) is 0 Å². The lowest BCUT2D eigenvalue weighted by molar-refractivity contribution is 0.0651. The number of likely N-dealkylation sites (tertiary alicyclic amines) is 1. The van der Waals surface area contributed by atoms with E-state index in [-0.39, 0.29) is 12.5 Å². The molecule has 0 bridgehead atoms. The van der Waals surface area contributed by atoms with Crippen LogP contribution < -0.4 is 0 Å². The largest absolute Gasteiger partial charge is 0.396 e. The Hall–Kier alpha value is -1.85. The van der Waals surface area contributed by atoms with Crippen LogP contribution in [0.15, 0.2) is 30.5 Å². The maximum atomic E-state index is 12.7. The van der Waals surface area contributed by atoms with Crippen LogP contribution >= 0.6 is 11.6 Å². The minimum Gasteiger partial charge on any atom is -0.396 e. The number of nitrogens with zero attached hydrogens (tertiary/aromatic N) is 2. The van der Waals surface area contributed by atoms with Crippen molar-refractivity contribution in [2.75, 3.05) is 19.7 Å². The molecule has 2 N–H and O–H groups in total. The monoisotopic (exact) mass is 319 g/mol. The summed E-state index contributed by atoms with van der Waals surface area (Å²) in [6.07, 6.45) is 3.25. The van der Waals surface area contributed by atoms with Crippen LogP contribution in [-0.4, -0.2) is 45.8 Å². The molecule has 1 aliphatic rings. The smallest absolute Gasteiger partial charge is 0.257 e. The van der Waals surface area contributed by atoms with Crippen LogP contribution in [0.3, 0.4) is 0 Å². The van der Waals surface area contributed by atoms with E-state index in [9.17, 15) is 9.90 Å². The highest BCUT2D eigenvalue weighted by Crippen LogP contribution is 2.26. The molecule has 0 atom stereocenters. The van der Waals surface area contributed by atoms with E-state index < -0.39 is 0 Å². The molecule has 1 aromatic heterocycles. The van der Waals surface area contributed by atoms with Crippen molar-refractivity contribution >= 4 is 17.5 Å². The van der Waals surface area contributed by atoms with Gasteiger partial charge in [-0.2, -0.15) is 5.10 Å². The van der Waals surface area contributed by atoms with Crippen molar-refractivity contribution in [1.82, 2.24) is 15.1 Å². The third-order valence-electron chi connectivity index (χ3n) is 4.14. The number of H-pyrrole nitrogens is 1. The lowest BCUT2D eigenvalue weighted by Gasteiger charge is -2.31. The molecular formula is C16H18ClN3O2. The van der Waals surface area contributed by atoms with E-state index in [0.717, 1.165) is 18.4 Å². The summed E-state index contributed by atoms with van der Waals surface area (Å²) in [7, 11) is 0. The summed E-state index contributed by atoms with van der Waals surface area (Å²) in [6.45, 7) is 1.54. The molecule has 1 fully saturated rings. The molecule has 3 rings (SSSR count). The molecule has 0 saturated carbocycles. The predicted octanol–water partition coefficient (Wildman–Crippen LogP) is 2.57. The number of carbonyl (C=O) groups is 1. The first-order valence-corrected chi connectivity index (χ1v) is 7.76. The Morgan fingerprint density at radius 2 is 2.18 bits per heavy atom. The third-order valence-corrected chi connectivity index (χ3v) is 4.38. The van der Waals surface area contributed by atoms with Gasteiger partial charge in [-0.3, -0.25) is 9.89 Å². The quantitative estimate of drug-likeness (QED) is 0.913. The zero-order valence-corrected chi connectivity index (χ0v) is 12.9. The normalized spacial score (nSPS) is 16.0. The number of hydrogen-bond donors (Lipinski definition) is 2. The lowest BCUT2D eigenvalue weighted by Crippen LogP contribution is -2.39. The average molecular weight is 320 g/mol. The zero-order valence-electron chi connectivity index (χ0n) is 12.1. The van der Waals surface area contributed by atoms with Crippen molar-refractivity contribution in [2.45, 2.75) is 12.8 Å². The number of aliphatic hydroxyl groups is 1. The van der Waals surface area contributed by atoms with Gasteiger partial charge in [0, 0.05) is 30.3 Å². The first kappa shape index (κ1) is 15.1. The number of halogens is 1. The van der Waals surface area contributed by atoms with Gasteiger partial charge in [0.2, 0.25) is 0 Å². The van der Waals surface area contributed by atoms with Gasteiger partial charge in [-0.05, 0) is 30.9 Å². The second-order valence-corrected chi connectivity index (χ2v) is 6.02. The van der Waals surface area contributed by atoms with Crippen molar-refractivity contribution in [2.24, 2.45) is 5.92 Å². The first-order chi connectivity index (χ1) is 10.7. The molecule has 0 aliphatic carbocycles. The van der Waals surface area contributed by atoms with Gasteiger partial charge in [-0.25, -0.2) is 0 Å². The van der Waals surface area contributed by atoms with E-state index in [1.807, 2.05) is 23.1 Å². The highest BCUT2D eigenvalue weighted by molar-refractivity contribution is 6.30. The number of amides is 1. The molecule has 2 heterocycles. The van der Waals surface area contributed by atoms with Gasteiger partial charge in [-0.1, -0.05) is 23.7 Å². The maximum absolute atomic E-state index is 12.7. The summed E-state index contributed by atoms with van der Waals surface area (Å²) in [5.74, 6) is 0.279. The molecule has 6 heteroatoms. The van der Waals surface area contributed by atoms with Gasteiger partial charge in [0.05, 0.1) is 17.5 Å². The fourth-order valence-corrected chi connectivity index (χ4v) is 2.99. The topological polar surface area (TPSA) is 69.2 Å². The Morgan fingerprint density at radius 3 is 2.86 bits per heavy atom. The summed E-state index contributed by atoms with van der Waals surface area (Å²) in [5, 5.41) is 16.7. The van der Waals surface area contributed by atoms with E-state index in [4.69, 9.17) is 11.6 Å². The summed E-state index contributed by atoms with van der Waals surface area (Å²) in [4.78, 5) is 14.5. The van der Waals surface area contributed by atoms with Gasteiger partial charge >= 0.3 is 0 Å². The minimum absolute atomic E-state index is 0.0277. The van der Waals surface area contributed by atoms with Crippen molar-refractivity contribution in [3.63, 3.8) is 0 Å². The molecule has 116 valence electrons. The molecule has 22 heavy (non-hydrogen) atoms. The first-order valence-electron chi connectivity index (χ1n) is 7.38. The van der Waals surface area contributed by atoms with Crippen LogP contribution in [0.4, 0.5) is 0 Å². The number of piperidine rings is 1. The summed E-state index contributed by atoms with van der Waals surface area (Å²) >= 11 is 6.02. The number of hydrogen-bond acceptors (Lipinski definition) is 3. The number of aromatic amines is 1. The molecule has 1 saturated heterocycles. The fraction of sp³-hybridized carbons (Fsp3) is 0.375. The molecule has 1 aromatic carbocycles. The number of rotatable bonds is 3. The van der Waals surface area contributed by atoms with Gasteiger partial charge in [0.1, 0.15) is 0 Å². The molecule has 0 unspecified atom stereocenters. The van der Waals surface area contributed by atoms with Crippen LogP contribution in [0.5, 0.6) is 0 Å². The number of benzene rings is 1. The number of aliphatic hydroxyl groups excluding tert-OH is 1. The maximum Gasteiger partial charge on any atom is 0.257 e. The van der Waals surface area contributed by atoms with Crippen LogP contribution in [0.2, 0.25) is 5.02 Å². The van der Waals surface area contributed by atoms with E-state index >= 15 is 0 Å². The van der Waals surface area contributed by atoms with Crippen LogP contribution in [0, 0.1) is 5.92 Å². The van der Waals surface area contributed by atoms with E-state index in [2.05, 4.69) is 10.2 Å². The molecule has 2 aromatic rings. The van der Waals surface area contributed by atoms with Crippen molar-refractivity contribution in [3.05, 3.63) is 41.0 Å². The Labute approximate surface area is 133 Å². The van der Waals surface area contributed by atoms with Crippen molar-refractivity contribution in [3.8, 4) is 11.3 Å². The Balaban J connectivity index is 1.81. The Kier molecular flexibility index (Phi) is 4.45. The Bertz CT molecular complexity index is 663. The fourth-order valence-electron chi connectivity index (χ4n) is 2.80. The van der Waals surface area contributed by atoms with Crippen LogP contribution in [0.25, 0.3) is 11.3 Å². The molecular weight excluding hydrogens is 302 g/mol. The van der Waals surface area contributed by atoms with E-state index in [1.54, 1.807) is 12.3 Å². The third kappa shape index (κ3) is 3.00. The number of nitrogens with one attached hydrogen (secondary N) is 1. The average Bonchev–Trinajstić information content (AvgIpc) is 3.04. The standard InChI is InChI=1S/C16H18ClN3O2/c17-13-3-1-2-12(8-13)15-14(9-18-19-15)16(22)20-6-4-11(10-21)5-7-20/h1-3,8-9,11,21H,4-7,10H2,(H,18,19). The van der Waals surface area contributed by atoms with Crippen molar-refractivity contribution < 1.29 is 9.90 Å². The highest BCUT2D eigenvalue weighted by Gasteiger charge is 2.26. The van der Waals surface area contributed by atoms with E-state index in [0.29, 0.717) is 35.3 Å². The molecule has 1 amide bonds. The Morgan fingerprint density at radius 1 is 1.41 bits per heavy atom. The van der Waals surface area contributed by atoms with Gasteiger partial charge in [0.15, 0.2) is 0 Å². The molecule has 0 spiro atoms. The van der Waals surface area contributed by atoms with Gasteiger partial charge in [0.25, 0.3) is 5.91 Å². The number of aromatic nitrogens is 2. The summed E-state index contributed by atoms with van der Waals surface area (Å²) < 4.78 is 0. The summed E-state index contributed by atoms with van der Waals surface area (Å²) in [6, 6.07) is 7.35. The molecule has 0 radical (unpaired) electrons. The van der Waals surface area contributed by atoms with Crippen LogP contribution in [0.1, 0.15) is 23.2 Å². The van der Waals surface area contributed by atoms with Gasteiger partial charge < -0.3 is 10.0 Å². The second kappa shape index (κ2) is 6.50. The second-order valence-electron chi connectivity index (χ2n) is 5.59. The predicted molar refractivity (Wildman–Crippen MR) is 84.7 cm³/mol. The number of carbonyl (C=O) groups excluding carboxylic acids is 1. The SMILES string of the molecule is O=C(c1cn[nH]c1-c1cccc(Cl)c1)N1CCC(CO)CC1. The van der Waals surface area contributed by atoms with Crippen LogP contribution in [-0.2, 0) is 0 Å². The van der Waals surface area contributed by atoms with Gasteiger partial charge in [-0.15, -0.1) is 0 Å².